The average molecular weight is 366 g/mol. The molecule has 1 heterocycles. The second-order valence-corrected chi connectivity index (χ2v) is 7.08. The van der Waals surface area contributed by atoms with Crippen molar-refractivity contribution in [3.8, 4) is 5.75 Å². The lowest BCUT2D eigenvalue weighted by Crippen LogP contribution is -2.38. The van der Waals surface area contributed by atoms with E-state index in [1.165, 1.54) is 0 Å². The Morgan fingerprint density at radius 1 is 1.15 bits per heavy atom. The Balaban J connectivity index is 1.56. The number of benzene rings is 2. The minimum absolute atomic E-state index is 0.0929. The van der Waals surface area contributed by atoms with Crippen molar-refractivity contribution in [2.75, 3.05) is 20.2 Å². The van der Waals surface area contributed by atoms with Crippen LogP contribution in [0.25, 0.3) is 0 Å². The zero-order chi connectivity index (χ0) is 19.4. The number of methoxy groups -OCH3 is 1. The lowest BCUT2D eigenvalue weighted by molar-refractivity contribution is -0.127. The minimum Gasteiger partial charge on any atom is -0.497 e. The Morgan fingerprint density at radius 3 is 2.44 bits per heavy atom. The first-order valence-corrected chi connectivity index (χ1v) is 9.25. The van der Waals surface area contributed by atoms with Crippen molar-refractivity contribution >= 4 is 11.8 Å². The SMILES string of the molecule is COc1ccc(CCN2C[C@@H](NC(=O)c3c(C)cccc3C)CC2=O)cc1. The highest BCUT2D eigenvalue weighted by Gasteiger charge is 2.30. The number of amides is 2. The van der Waals surface area contributed by atoms with Crippen molar-refractivity contribution in [2.45, 2.75) is 32.7 Å². The van der Waals surface area contributed by atoms with Gasteiger partial charge in [-0.2, -0.15) is 0 Å². The maximum atomic E-state index is 12.6. The van der Waals surface area contributed by atoms with Gasteiger partial charge in [-0.15, -0.1) is 0 Å². The monoisotopic (exact) mass is 366 g/mol. The molecule has 3 rings (SSSR count). The molecule has 2 aromatic carbocycles. The molecule has 1 N–H and O–H groups in total. The maximum Gasteiger partial charge on any atom is 0.252 e. The van der Waals surface area contributed by atoms with E-state index in [2.05, 4.69) is 5.32 Å². The van der Waals surface area contributed by atoms with E-state index in [1.807, 2.05) is 61.2 Å². The molecule has 2 aromatic rings. The van der Waals surface area contributed by atoms with Crippen LogP contribution < -0.4 is 10.1 Å². The van der Waals surface area contributed by atoms with Crippen LogP contribution in [-0.4, -0.2) is 43.0 Å². The van der Waals surface area contributed by atoms with Crippen LogP contribution in [0.5, 0.6) is 5.75 Å². The van der Waals surface area contributed by atoms with Crippen molar-refractivity contribution in [3.05, 3.63) is 64.7 Å². The highest BCUT2D eigenvalue weighted by Crippen LogP contribution is 2.17. The first-order valence-electron chi connectivity index (χ1n) is 9.25. The van der Waals surface area contributed by atoms with Gasteiger partial charge in [0.05, 0.1) is 13.2 Å². The van der Waals surface area contributed by atoms with E-state index in [-0.39, 0.29) is 17.9 Å². The number of nitrogens with zero attached hydrogens (tertiary/aromatic N) is 1. The number of likely N-dealkylation sites (tertiary alicyclic amines) is 1. The predicted molar refractivity (Wildman–Crippen MR) is 105 cm³/mol. The fraction of sp³-hybridized carbons (Fsp3) is 0.364. The van der Waals surface area contributed by atoms with Gasteiger partial charge in [-0.05, 0) is 49.1 Å². The Labute approximate surface area is 160 Å². The molecular weight excluding hydrogens is 340 g/mol. The third kappa shape index (κ3) is 4.48. The van der Waals surface area contributed by atoms with Crippen LogP contribution in [0, 0.1) is 13.8 Å². The van der Waals surface area contributed by atoms with E-state index in [9.17, 15) is 9.59 Å². The number of hydrogen-bond acceptors (Lipinski definition) is 3. The Morgan fingerprint density at radius 2 is 1.81 bits per heavy atom. The number of nitrogens with one attached hydrogen (secondary N) is 1. The molecule has 1 saturated heterocycles. The van der Waals surface area contributed by atoms with E-state index >= 15 is 0 Å². The van der Waals surface area contributed by atoms with E-state index in [4.69, 9.17) is 4.74 Å². The van der Waals surface area contributed by atoms with Crippen molar-refractivity contribution in [2.24, 2.45) is 0 Å². The Kier molecular flexibility index (Phi) is 5.79. The molecule has 1 fully saturated rings. The Hall–Kier alpha value is -2.82. The quantitative estimate of drug-likeness (QED) is 0.855. The standard InChI is InChI=1S/C22H26N2O3/c1-15-5-4-6-16(2)21(15)22(26)23-18-13-20(25)24(14-18)12-11-17-7-9-19(27-3)10-8-17/h4-10,18H,11-14H2,1-3H3,(H,23,26)/t18-/m0/s1. The summed E-state index contributed by atoms with van der Waals surface area (Å²) in [5, 5.41) is 3.03. The van der Waals surface area contributed by atoms with E-state index < -0.39 is 0 Å². The molecule has 0 aliphatic carbocycles. The molecule has 0 bridgehead atoms. The summed E-state index contributed by atoms with van der Waals surface area (Å²) in [6.07, 6.45) is 1.15. The molecule has 5 nitrogen and oxygen atoms in total. The normalized spacial score (nSPS) is 16.5. The van der Waals surface area contributed by atoms with Gasteiger partial charge in [0.15, 0.2) is 0 Å². The molecule has 1 aliphatic rings. The molecule has 0 radical (unpaired) electrons. The molecule has 0 aromatic heterocycles. The van der Waals surface area contributed by atoms with Gasteiger partial charge in [-0.1, -0.05) is 30.3 Å². The number of carbonyl (C=O) groups excluding carboxylic acids is 2. The molecule has 5 heteroatoms. The fourth-order valence-corrected chi connectivity index (χ4v) is 3.57. The van der Waals surface area contributed by atoms with Crippen molar-refractivity contribution in [1.29, 1.82) is 0 Å². The summed E-state index contributed by atoms with van der Waals surface area (Å²) in [6, 6.07) is 13.6. The largest absolute Gasteiger partial charge is 0.497 e. The fourth-order valence-electron chi connectivity index (χ4n) is 3.57. The lowest BCUT2D eigenvalue weighted by Gasteiger charge is -2.18. The average Bonchev–Trinajstić information content (AvgIpc) is 2.99. The molecule has 142 valence electrons. The van der Waals surface area contributed by atoms with Gasteiger partial charge in [0.2, 0.25) is 5.91 Å². The van der Waals surface area contributed by atoms with Crippen LogP contribution in [0.3, 0.4) is 0 Å². The number of carbonyl (C=O) groups is 2. The van der Waals surface area contributed by atoms with E-state index in [0.29, 0.717) is 25.1 Å². The molecule has 0 spiro atoms. The predicted octanol–water partition coefficient (Wildman–Crippen LogP) is 2.89. The smallest absolute Gasteiger partial charge is 0.252 e. The van der Waals surface area contributed by atoms with Gasteiger partial charge in [0, 0.05) is 25.1 Å². The lowest BCUT2D eigenvalue weighted by atomic mass is 10.0. The third-order valence-electron chi connectivity index (χ3n) is 5.09. The molecule has 1 atom stereocenters. The van der Waals surface area contributed by atoms with Crippen LogP contribution in [0.1, 0.15) is 33.5 Å². The number of ether oxygens (including phenoxy) is 1. The summed E-state index contributed by atoms with van der Waals surface area (Å²) in [5.74, 6) is 0.820. The zero-order valence-corrected chi connectivity index (χ0v) is 16.1. The minimum atomic E-state index is -0.139. The van der Waals surface area contributed by atoms with E-state index in [0.717, 1.165) is 28.9 Å². The topological polar surface area (TPSA) is 58.6 Å². The highest BCUT2D eigenvalue weighted by atomic mass is 16.5. The molecule has 0 unspecified atom stereocenters. The summed E-state index contributed by atoms with van der Waals surface area (Å²) in [4.78, 5) is 26.8. The van der Waals surface area contributed by atoms with Crippen LogP contribution in [0.2, 0.25) is 0 Å². The number of rotatable bonds is 6. The van der Waals surface area contributed by atoms with Gasteiger partial charge in [-0.3, -0.25) is 9.59 Å². The number of aryl methyl sites for hydroxylation is 2. The molecule has 0 saturated carbocycles. The van der Waals surface area contributed by atoms with Gasteiger partial charge in [0.1, 0.15) is 5.75 Å². The maximum absolute atomic E-state index is 12.6. The summed E-state index contributed by atoms with van der Waals surface area (Å²) in [5.41, 5.74) is 3.77. The number of hydrogen-bond donors (Lipinski definition) is 1. The second-order valence-electron chi connectivity index (χ2n) is 7.08. The second kappa shape index (κ2) is 8.25. The zero-order valence-electron chi connectivity index (χ0n) is 16.1. The van der Waals surface area contributed by atoms with Crippen molar-refractivity contribution in [3.63, 3.8) is 0 Å². The van der Waals surface area contributed by atoms with Gasteiger partial charge in [-0.25, -0.2) is 0 Å². The Bertz CT molecular complexity index is 810. The summed E-state index contributed by atoms with van der Waals surface area (Å²) in [7, 11) is 1.64. The van der Waals surface area contributed by atoms with Crippen LogP contribution in [0.4, 0.5) is 0 Å². The van der Waals surface area contributed by atoms with Crippen LogP contribution in [0.15, 0.2) is 42.5 Å². The van der Waals surface area contributed by atoms with Gasteiger partial charge in [0.25, 0.3) is 5.91 Å². The molecule has 2 amide bonds. The first kappa shape index (κ1) is 19.0. The van der Waals surface area contributed by atoms with Crippen LogP contribution >= 0.6 is 0 Å². The van der Waals surface area contributed by atoms with Gasteiger partial charge < -0.3 is 15.0 Å². The summed E-state index contributed by atoms with van der Waals surface area (Å²) < 4.78 is 5.16. The van der Waals surface area contributed by atoms with Gasteiger partial charge >= 0.3 is 0 Å². The first-order chi connectivity index (χ1) is 13.0. The van der Waals surface area contributed by atoms with Crippen molar-refractivity contribution in [1.82, 2.24) is 10.2 Å². The highest BCUT2D eigenvalue weighted by molar-refractivity contribution is 5.97. The molecular formula is C22H26N2O3. The molecule has 27 heavy (non-hydrogen) atoms. The van der Waals surface area contributed by atoms with Crippen molar-refractivity contribution < 1.29 is 14.3 Å². The molecule has 1 aliphatic heterocycles. The summed E-state index contributed by atoms with van der Waals surface area (Å²) >= 11 is 0. The van der Waals surface area contributed by atoms with E-state index in [1.54, 1.807) is 7.11 Å². The third-order valence-corrected chi connectivity index (χ3v) is 5.09. The van der Waals surface area contributed by atoms with Crippen LogP contribution in [-0.2, 0) is 11.2 Å². The summed E-state index contributed by atoms with van der Waals surface area (Å²) in [6.45, 7) is 5.08.